The topological polar surface area (TPSA) is 71.1 Å². The molecule has 6 heteroatoms. The first kappa shape index (κ1) is 19.8. The molecule has 5 nitrogen and oxygen atoms in total. The fourth-order valence-electron chi connectivity index (χ4n) is 2.85. The van der Waals surface area contributed by atoms with Crippen molar-refractivity contribution in [2.24, 2.45) is 0 Å². The van der Waals surface area contributed by atoms with E-state index in [1.165, 1.54) is 11.3 Å². The zero-order chi connectivity index (χ0) is 20.1. The molecule has 0 radical (unpaired) electrons. The lowest BCUT2D eigenvalue weighted by atomic mass is 10.1. The van der Waals surface area contributed by atoms with Gasteiger partial charge in [0.25, 0.3) is 5.91 Å². The van der Waals surface area contributed by atoms with Gasteiger partial charge in [-0.1, -0.05) is 37.3 Å². The van der Waals surface area contributed by atoms with Crippen LogP contribution in [0.3, 0.4) is 0 Å². The summed E-state index contributed by atoms with van der Waals surface area (Å²) in [7, 11) is 0. The molecule has 0 bridgehead atoms. The molecule has 0 aliphatic rings. The number of benzene rings is 2. The number of rotatable bonds is 6. The van der Waals surface area contributed by atoms with Crippen LogP contribution in [0.25, 0.3) is 10.6 Å². The lowest BCUT2D eigenvalue weighted by Crippen LogP contribution is -2.15. The number of nitrogens with one attached hydrogen (secondary N) is 2. The number of hydrogen-bond acceptors (Lipinski definition) is 4. The summed E-state index contributed by atoms with van der Waals surface area (Å²) in [5.74, 6) is -0.298. The Morgan fingerprint density at radius 2 is 1.71 bits per heavy atom. The van der Waals surface area contributed by atoms with E-state index in [0.29, 0.717) is 23.5 Å². The Hall–Kier alpha value is -2.99. The molecule has 0 saturated carbocycles. The minimum atomic E-state index is -0.267. The number of carbonyl (C=O) groups is 2. The molecular formula is C22H23N3O2S. The van der Waals surface area contributed by atoms with Crippen molar-refractivity contribution in [1.82, 2.24) is 4.98 Å². The van der Waals surface area contributed by atoms with Crippen molar-refractivity contribution in [2.75, 3.05) is 10.6 Å². The first-order valence-electron chi connectivity index (χ1n) is 9.22. The highest BCUT2D eigenvalue weighted by Crippen LogP contribution is 2.28. The van der Waals surface area contributed by atoms with Gasteiger partial charge in [-0.2, -0.15) is 0 Å². The van der Waals surface area contributed by atoms with Crippen molar-refractivity contribution in [3.05, 3.63) is 64.7 Å². The third kappa shape index (κ3) is 4.46. The largest absolute Gasteiger partial charge is 0.326 e. The number of hydrogen-bond donors (Lipinski definition) is 2. The van der Waals surface area contributed by atoms with E-state index in [9.17, 15) is 9.59 Å². The summed E-state index contributed by atoms with van der Waals surface area (Å²) in [5, 5.41) is 8.38. The lowest BCUT2D eigenvalue weighted by molar-refractivity contribution is -0.116. The normalized spacial score (nSPS) is 10.5. The zero-order valence-corrected chi connectivity index (χ0v) is 17.0. The van der Waals surface area contributed by atoms with Crippen LogP contribution in [0, 0.1) is 13.8 Å². The maximum Gasteiger partial charge on any atom is 0.275 e. The fraction of sp³-hybridized carbons (Fsp3) is 0.227. The number of aromatic nitrogens is 1. The maximum atomic E-state index is 12.7. The zero-order valence-electron chi connectivity index (χ0n) is 16.2. The summed E-state index contributed by atoms with van der Waals surface area (Å²) in [5.41, 5.74) is 4.70. The molecule has 2 aromatic carbocycles. The smallest absolute Gasteiger partial charge is 0.275 e. The van der Waals surface area contributed by atoms with Crippen molar-refractivity contribution in [1.29, 1.82) is 0 Å². The van der Waals surface area contributed by atoms with Crippen molar-refractivity contribution >= 4 is 34.5 Å². The fourth-order valence-corrected chi connectivity index (χ4v) is 3.74. The molecule has 0 aliphatic carbocycles. The van der Waals surface area contributed by atoms with Crippen LogP contribution in [0.15, 0.2) is 47.8 Å². The Morgan fingerprint density at radius 1 is 1.00 bits per heavy atom. The van der Waals surface area contributed by atoms with Gasteiger partial charge in [0.05, 0.1) is 0 Å². The van der Waals surface area contributed by atoms with Crippen LogP contribution in [0.5, 0.6) is 0 Å². The van der Waals surface area contributed by atoms with E-state index in [2.05, 4.69) is 15.6 Å². The van der Waals surface area contributed by atoms with Crippen molar-refractivity contribution < 1.29 is 9.59 Å². The molecule has 0 spiro atoms. The minimum Gasteiger partial charge on any atom is -0.326 e. The number of thiazole rings is 1. The molecule has 1 aromatic heterocycles. The predicted molar refractivity (Wildman–Crippen MR) is 115 cm³/mol. The van der Waals surface area contributed by atoms with E-state index >= 15 is 0 Å². The van der Waals surface area contributed by atoms with Crippen LogP contribution >= 0.6 is 11.3 Å². The molecule has 0 fully saturated rings. The molecule has 1 heterocycles. The molecule has 0 saturated heterocycles. The molecule has 0 aliphatic heterocycles. The highest BCUT2D eigenvalue weighted by atomic mass is 32.1. The summed E-state index contributed by atoms with van der Waals surface area (Å²) in [6.07, 6.45) is 1.25. The summed E-state index contributed by atoms with van der Waals surface area (Å²) in [6.45, 7) is 5.86. The second-order valence-corrected chi connectivity index (χ2v) is 7.44. The second-order valence-electron chi connectivity index (χ2n) is 6.58. The summed E-state index contributed by atoms with van der Waals surface area (Å²) >= 11 is 1.45. The molecular weight excluding hydrogens is 370 g/mol. The van der Waals surface area contributed by atoms with Crippen LogP contribution in [-0.2, 0) is 4.79 Å². The molecule has 0 unspecified atom stereocenters. The summed E-state index contributed by atoms with van der Waals surface area (Å²) in [6, 6.07) is 13.4. The van der Waals surface area contributed by atoms with Gasteiger partial charge in [-0.25, -0.2) is 4.98 Å². The van der Waals surface area contributed by atoms with Crippen LogP contribution in [-0.4, -0.2) is 16.8 Å². The summed E-state index contributed by atoms with van der Waals surface area (Å²) in [4.78, 5) is 29.1. The lowest BCUT2D eigenvalue weighted by Gasteiger charge is -2.13. The molecule has 3 aromatic rings. The average Bonchev–Trinajstić information content (AvgIpc) is 3.15. The third-order valence-corrected chi connectivity index (χ3v) is 5.32. The van der Waals surface area contributed by atoms with Crippen molar-refractivity contribution in [3.8, 4) is 10.6 Å². The van der Waals surface area contributed by atoms with Gasteiger partial charge in [-0.15, -0.1) is 11.3 Å². The number of carbonyl (C=O) groups excluding carboxylic acids is 2. The van der Waals surface area contributed by atoms with E-state index in [0.717, 1.165) is 28.1 Å². The minimum absolute atomic E-state index is 0.0311. The quantitative estimate of drug-likeness (QED) is 0.587. The van der Waals surface area contributed by atoms with E-state index in [1.807, 2.05) is 63.2 Å². The molecule has 0 atom stereocenters. The Bertz CT molecular complexity index is 1010. The maximum absolute atomic E-state index is 12.7. The summed E-state index contributed by atoms with van der Waals surface area (Å²) < 4.78 is 0. The highest BCUT2D eigenvalue weighted by molar-refractivity contribution is 7.13. The first-order valence-corrected chi connectivity index (χ1v) is 10.1. The van der Waals surface area contributed by atoms with Gasteiger partial charge in [0, 0.05) is 28.7 Å². The predicted octanol–water partition coefficient (Wildman–Crippen LogP) is 5.42. The van der Waals surface area contributed by atoms with Crippen molar-refractivity contribution in [2.45, 2.75) is 33.6 Å². The van der Waals surface area contributed by atoms with Gasteiger partial charge in [-0.05, 0) is 43.5 Å². The molecule has 144 valence electrons. The van der Waals surface area contributed by atoms with E-state index < -0.39 is 0 Å². The van der Waals surface area contributed by atoms with Gasteiger partial charge in [-0.3, -0.25) is 9.59 Å². The van der Waals surface area contributed by atoms with E-state index in [-0.39, 0.29) is 11.8 Å². The van der Waals surface area contributed by atoms with Gasteiger partial charge < -0.3 is 10.6 Å². The highest BCUT2D eigenvalue weighted by Gasteiger charge is 2.15. The van der Waals surface area contributed by atoms with E-state index in [1.54, 1.807) is 5.38 Å². The molecule has 3 rings (SSSR count). The standard InChI is InChI=1S/C22H23N3O2S/c1-4-8-20(26)23-17-11-7-12-18(15(17)3)24-21(27)19-13-28-22(25-19)16-10-6-5-9-14(16)2/h5-7,9-13H,4,8H2,1-3H3,(H,23,26)(H,24,27). The van der Waals surface area contributed by atoms with Gasteiger partial charge >= 0.3 is 0 Å². The molecule has 2 N–H and O–H groups in total. The van der Waals surface area contributed by atoms with Crippen LogP contribution in [0.2, 0.25) is 0 Å². The first-order chi connectivity index (χ1) is 13.5. The van der Waals surface area contributed by atoms with Crippen LogP contribution < -0.4 is 10.6 Å². The molecule has 2 amide bonds. The average molecular weight is 394 g/mol. The Balaban J connectivity index is 1.77. The van der Waals surface area contributed by atoms with Gasteiger partial charge in [0.15, 0.2) is 0 Å². The number of aryl methyl sites for hydroxylation is 1. The van der Waals surface area contributed by atoms with Gasteiger partial charge in [0.1, 0.15) is 10.7 Å². The second kappa shape index (κ2) is 8.80. The number of nitrogens with zero attached hydrogens (tertiary/aromatic N) is 1. The number of anilines is 2. The number of amides is 2. The van der Waals surface area contributed by atoms with Crippen LogP contribution in [0.1, 0.15) is 41.4 Å². The SMILES string of the molecule is CCCC(=O)Nc1cccc(NC(=O)c2csc(-c3ccccc3C)n2)c1C. The van der Waals surface area contributed by atoms with Gasteiger partial charge in [0.2, 0.25) is 5.91 Å². The monoisotopic (exact) mass is 393 g/mol. The Kier molecular flexibility index (Phi) is 6.21. The van der Waals surface area contributed by atoms with E-state index in [4.69, 9.17) is 0 Å². The van der Waals surface area contributed by atoms with Crippen molar-refractivity contribution in [3.63, 3.8) is 0 Å². The third-order valence-electron chi connectivity index (χ3n) is 4.45. The Morgan fingerprint density at radius 3 is 2.43 bits per heavy atom. The Labute approximate surface area is 168 Å². The molecule has 28 heavy (non-hydrogen) atoms. The van der Waals surface area contributed by atoms with Crippen LogP contribution in [0.4, 0.5) is 11.4 Å².